The second-order valence-corrected chi connectivity index (χ2v) is 3.17. The molecular weight excluding hydrogens is 217 g/mol. The van der Waals surface area contributed by atoms with E-state index in [1.807, 2.05) is 0 Å². The molecule has 3 nitrogen and oxygen atoms in total. The smallest absolute Gasteiger partial charge is 0.169 e. The Bertz CT molecular complexity index is 502. The molecule has 0 unspecified atom stereocenters. The van der Waals surface area contributed by atoms with Crippen LogP contribution in [-0.2, 0) is 0 Å². The van der Waals surface area contributed by atoms with E-state index < -0.39 is 5.82 Å². The van der Waals surface area contributed by atoms with Crippen LogP contribution in [0.15, 0.2) is 24.7 Å². The highest BCUT2D eigenvalue weighted by Gasteiger charge is 2.12. The minimum absolute atomic E-state index is 0.183. The van der Waals surface area contributed by atoms with Gasteiger partial charge in [0.05, 0.1) is 11.4 Å². The highest BCUT2D eigenvalue weighted by molar-refractivity contribution is 6.29. The zero-order valence-corrected chi connectivity index (χ0v) is 8.37. The lowest BCUT2D eigenvalue weighted by atomic mass is 10.1. The number of aromatic nitrogens is 3. The third-order valence-corrected chi connectivity index (χ3v) is 2.14. The quantitative estimate of drug-likeness (QED) is 0.696. The maximum atomic E-state index is 13.6. The van der Waals surface area contributed by atoms with Crippen molar-refractivity contribution in [3.8, 4) is 11.3 Å². The topological polar surface area (TPSA) is 38.7 Å². The van der Waals surface area contributed by atoms with Gasteiger partial charge in [-0.05, 0) is 13.0 Å². The molecule has 0 aliphatic heterocycles. The molecule has 1 radical (unpaired) electrons. The summed E-state index contributed by atoms with van der Waals surface area (Å²) in [7, 11) is 0. The van der Waals surface area contributed by atoms with E-state index >= 15 is 0 Å². The fourth-order valence-electron chi connectivity index (χ4n) is 1.19. The molecule has 2 aromatic heterocycles. The first kappa shape index (κ1) is 9.98. The van der Waals surface area contributed by atoms with Crippen molar-refractivity contribution < 1.29 is 4.39 Å². The highest BCUT2D eigenvalue weighted by atomic mass is 35.5. The van der Waals surface area contributed by atoms with E-state index in [-0.39, 0.29) is 10.7 Å². The first-order valence-corrected chi connectivity index (χ1v) is 4.51. The van der Waals surface area contributed by atoms with Gasteiger partial charge in [-0.2, -0.15) is 0 Å². The summed E-state index contributed by atoms with van der Waals surface area (Å²) in [5.41, 5.74) is 1.03. The van der Waals surface area contributed by atoms with Gasteiger partial charge in [-0.3, -0.25) is 9.97 Å². The predicted molar refractivity (Wildman–Crippen MR) is 54.7 cm³/mol. The third kappa shape index (κ3) is 1.80. The summed E-state index contributed by atoms with van der Waals surface area (Å²) in [6, 6.07) is 1.49. The van der Waals surface area contributed by atoms with E-state index in [4.69, 9.17) is 11.6 Å². The molecule has 15 heavy (non-hydrogen) atoms. The van der Waals surface area contributed by atoms with Crippen molar-refractivity contribution >= 4 is 11.6 Å². The second kappa shape index (κ2) is 3.90. The molecule has 0 N–H and O–H groups in total. The molecule has 0 saturated carbocycles. The molecule has 75 valence electrons. The van der Waals surface area contributed by atoms with Gasteiger partial charge in [-0.25, -0.2) is 9.37 Å². The molecule has 0 aromatic carbocycles. The zero-order valence-electron chi connectivity index (χ0n) is 7.61. The Hall–Kier alpha value is -1.55. The third-order valence-electron chi connectivity index (χ3n) is 1.88. The Morgan fingerprint density at radius 3 is 2.60 bits per heavy atom. The van der Waals surface area contributed by atoms with Crippen molar-refractivity contribution in [3.05, 3.63) is 48.2 Å². The summed E-state index contributed by atoms with van der Waals surface area (Å²) < 4.78 is 13.6. The SMILES string of the molecule is [CH2]c1nccnc1-c1ccnc(Cl)c1F. The van der Waals surface area contributed by atoms with Crippen LogP contribution in [0.2, 0.25) is 5.15 Å². The van der Waals surface area contributed by atoms with Crippen LogP contribution >= 0.6 is 11.6 Å². The molecule has 0 aliphatic rings. The fourth-order valence-corrected chi connectivity index (χ4v) is 1.35. The number of hydrogen-bond donors (Lipinski definition) is 0. The molecule has 0 atom stereocenters. The number of pyridine rings is 1. The highest BCUT2D eigenvalue weighted by Crippen LogP contribution is 2.25. The molecule has 0 amide bonds. The molecule has 0 aliphatic carbocycles. The molecule has 0 saturated heterocycles. The lowest BCUT2D eigenvalue weighted by Crippen LogP contribution is -1.95. The fraction of sp³-hybridized carbons (Fsp3) is 0. The maximum Gasteiger partial charge on any atom is 0.169 e. The van der Waals surface area contributed by atoms with Crippen molar-refractivity contribution in [1.82, 2.24) is 15.0 Å². The summed E-state index contributed by atoms with van der Waals surface area (Å²) in [5.74, 6) is -0.607. The monoisotopic (exact) mass is 222 g/mol. The summed E-state index contributed by atoms with van der Waals surface area (Å²) >= 11 is 5.56. The van der Waals surface area contributed by atoms with Gasteiger partial charge < -0.3 is 0 Å². The molecule has 0 bridgehead atoms. The van der Waals surface area contributed by atoms with Crippen molar-refractivity contribution in [2.24, 2.45) is 0 Å². The van der Waals surface area contributed by atoms with Crippen LogP contribution in [0.4, 0.5) is 4.39 Å². The first-order chi connectivity index (χ1) is 7.20. The van der Waals surface area contributed by atoms with Gasteiger partial charge in [-0.15, -0.1) is 0 Å². The van der Waals surface area contributed by atoms with Gasteiger partial charge in [0.15, 0.2) is 11.0 Å². The largest absolute Gasteiger partial charge is 0.257 e. The van der Waals surface area contributed by atoms with Crippen molar-refractivity contribution in [1.29, 1.82) is 0 Å². The lowest BCUT2D eigenvalue weighted by molar-refractivity contribution is 0.624. The van der Waals surface area contributed by atoms with E-state index in [0.717, 1.165) is 0 Å². The molecule has 2 rings (SSSR count). The van der Waals surface area contributed by atoms with Crippen LogP contribution in [0.3, 0.4) is 0 Å². The average molecular weight is 223 g/mol. The number of halogens is 2. The molecule has 2 aromatic rings. The molecule has 5 heteroatoms. The van der Waals surface area contributed by atoms with Crippen LogP contribution in [0, 0.1) is 12.7 Å². The number of rotatable bonds is 1. The van der Waals surface area contributed by atoms with Gasteiger partial charge in [0.2, 0.25) is 0 Å². The Morgan fingerprint density at radius 1 is 1.13 bits per heavy atom. The van der Waals surface area contributed by atoms with E-state index in [0.29, 0.717) is 11.4 Å². The summed E-state index contributed by atoms with van der Waals surface area (Å²) in [5, 5.41) is -0.183. The summed E-state index contributed by atoms with van der Waals surface area (Å²) in [6.07, 6.45) is 4.37. The average Bonchev–Trinajstić information content (AvgIpc) is 2.23. The normalized spacial score (nSPS) is 10.3. The summed E-state index contributed by atoms with van der Waals surface area (Å²) in [4.78, 5) is 11.5. The predicted octanol–water partition coefficient (Wildman–Crippen LogP) is 2.51. The number of hydrogen-bond acceptors (Lipinski definition) is 3. The van der Waals surface area contributed by atoms with Crippen LogP contribution in [0.1, 0.15) is 5.69 Å². The molecular formula is C10H6ClFN3. The van der Waals surface area contributed by atoms with Crippen molar-refractivity contribution in [2.45, 2.75) is 0 Å². The van der Waals surface area contributed by atoms with E-state index in [9.17, 15) is 4.39 Å². The summed E-state index contributed by atoms with van der Waals surface area (Å²) in [6.45, 7) is 3.66. The maximum absolute atomic E-state index is 13.6. The van der Waals surface area contributed by atoms with Crippen LogP contribution < -0.4 is 0 Å². The van der Waals surface area contributed by atoms with Gasteiger partial charge in [-0.1, -0.05) is 11.6 Å². The van der Waals surface area contributed by atoms with Crippen molar-refractivity contribution in [2.75, 3.05) is 0 Å². The first-order valence-electron chi connectivity index (χ1n) is 4.13. The number of nitrogens with zero attached hydrogens (tertiary/aromatic N) is 3. The van der Waals surface area contributed by atoms with E-state index in [1.54, 1.807) is 0 Å². The Balaban J connectivity index is 2.65. The lowest BCUT2D eigenvalue weighted by Gasteiger charge is -2.04. The standard InChI is InChI=1S/C10H6ClFN3/c1-6-9(14-5-4-13-6)7-2-3-15-10(11)8(7)12/h2-5H,1H2. The van der Waals surface area contributed by atoms with E-state index in [2.05, 4.69) is 21.9 Å². The van der Waals surface area contributed by atoms with Gasteiger partial charge in [0.1, 0.15) is 0 Å². The zero-order chi connectivity index (χ0) is 10.8. The van der Waals surface area contributed by atoms with E-state index in [1.165, 1.54) is 24.7 Å². The molecule has 2 heterocycles. The molecule has 0 spiro atoms. The van der Waals surface area contributed by atoms with Gasteiger partial charge >= 0.3 is 0 Å². The minimum Gasteiger partial charge on any atom is -0.257 e. The molecule has 0 fully saturated rings. The van der Waals surface area contributed by atoms with Crippen LogP contribution in [0.25, 0.3) is 11.3 Å². The van der Waals surface area contributed by atoms with Crippen molar-refractivity contribution in [3.63, 3.8) is 0 Å². The van der Waals surface area contributed by atoms with Crippen LogP contribution in [0.5, 0.6) is 0 Å². The Morgan fingerprint density at radius 2 is 1.87 bits per heavy atom. The second-order valence-electron chi connectivity index (χ2n) is 2.81. The Labute approximate surface area is 91.0 Å². The minimum atomic E-state index is -0.607. The Kier molecular flexibility index (Phi) is 2.60. The van der Waals surface area contributed by atoms with Crippen LogP contribution in [-0.4, -0.2) is 15.0 Å². The van der Waals surface area contributed by atoms with Gasteiger partial charge in [0.25, 0.3) is 0 Å². The van der Waals surface area contributed by atoms with Gasteiger partial charge in [0, 0.05) is 24.2 Å².